The number of hydrogen-bond acceptors (Lipinski definition) is 3. The zero-order valence-electron chi connectivity index (χ0n) is 11.5. The normalized spacial score (nSPS) is 13.2. The molecule has 0 bridgehead atoms. The maximum absolute atomic E-state index is 12.0. The Morgan fingerprint density at radius 3 is 2.68 bits per heavy atom. The van der Waals surface area contributed by atoms with Crippen LogP contribution in [0.15, 0.2) is 40.3 Å². The number of thiophene rings is 1. The van der Waals surface area contributed by atoms with Crippen molar-refractivity contribution in [1.29, 1.82) is 0 Å². The number of carbonyl (C=O) groups excluding carboxylic acids is 1. The molecule has 2 rings (SSSR count). The van der Waals surface area contributed by atoms with Crippen LogP contribution in [0.1, 0.15) is 37.3 Å². The number of amides is 1. The molecule has 0 aliphatic rings. The summed E-state index contributed by atoms with van der Waals surface area (Å²) in [5, 5.41) is 5.05. The third-order valence-electron chi connectivity index (χ3n) is 2.92. The van der Waals surface area contributed by atoms with E-state index in [9.17, 15) is 4.79 Å². The summed E-state index contributed by atoms with van der Waals surface area (Å²) in [6.07, 6.45) is 1.67. The third kappa shape index (κ3) is 3.47. The summed E-state index contributed by atoms with van der Waals surface area (Å²) in [5.74, 6) is 1.03. The van der Waals surface area contributed by atoms with Crippen LogP contribution in [0.3, 0.4) is 0 Å². The van der Waals surface area contributed by atoms with Crippen molar-refractivity contribution in [3.63, 3.8) is 0 Å². The first-order chi connectivity index (χ1) is 8.98. The maximum atomic E-state index is 12.0. The number of rotatable bonds is 4. The average molecular weight is 277 g/mol. The van der Waals surface area contributed by atoms with Crippen molar-refractivity contribution in [1.82, 2.24) is 5.32 Å². The van der Waals surface area contributed by atoms with Crippen molar-refractivity contribution in [3.05, 3.63) is 46.5 Å². The number of furan rings is 1. The number of nitrogens with one attached hydrogen (secondary N) is 1. The van der Waals surface area contributed by atoms with E-state index in [2.05, 4.69) is 11.4 Å². The summed E-state index contributed by atoms with van der Waals surface area (Å²) in [5.41, 5.74) is -0.372. The molecule has 0 radical (unpaired) electrons. The van der Waals surface area contributed by atoms with E-state index in [0.29, 0.717) is 6.54 Å². The molecule has 0 spiro atoms. The van der Waals surface area contributed by atoms with E-state index in [4.69, 9.17) is 4.42 Å². The lowest BCUT2D eigenvalue weighted by molar-refractivity contribution is -0.128. The van der Waals surface area contributed by atoms with E-state index >= 15 is 0 Å². The van der Waals surface area contributed by atoms with Crippen LogP contribution < -0.4 is 5.32 Å². The summed E-state index contributed by atoms with van der Waals surface area (Å²) < 4.78 is 5.49. The fourth-order valence-electron chi connectivity index (χ4n) is 1.78. The Labute approximate surface area is 117 Å². The highest BCUT2D eigenvalue weighted by atomic mass is 32.1. The molecule has 0 aromatic carbocycles. The molecule has 0 aliphatic carbocycles. The van der Waals surface area contributed by atoms with Gasteiger partial charge in [0.05, 0.1) is 12.2 Å². The van der Waals surface area contributed by atoms with Gasteiger partial charge in [-0.25, -0.2) is 0 Å². The zero-order valence-corrected chi connectivity index (χ0v) is 12.3. The van der Waals surface area contributed by atoms with Crippen LogP contribution in [0.4, 0.5) is 0 Å². The Bertz CT molecular complexity index is 475. The summed E-state index contributed by atoms with van der Waals surface area (Å²) in [6, 6.07) is 7.91. The molecule has 2 aromatic heterocycles. The molecule has 1 N–H and O–H groups in total. The second-order valence-electron chi connectivity index (χ2n) is 5.54. The van der Waals surface area contributed by atoms with Crippen molar-refractivity contribution in [2.75, 3.05) is 6.54 Å². The Balaban J connectivity index is 2.10. The SMILES string of the molecule is CC(C)(C)C(=O)NCC(c1ccco1)c1cccs1. The molecule has 0 saturated carbocycles. The van der Waals surface area contributed by atoms with Gasteiger partial charge in [0.15, 0.2) is 0 Å². The van der Waals surface area contributed by atoms with Crippen molar-refractivity contribution >= 4 is 17.2 Å². The first kappa shape index (κ1) is 13.9. The van der Waals surface area contributed by atoms with Crippen LogP contribution >= 0.6 is 11.3 Å². The van der Waals surface area contributed by atoms with Gasteiger partial charge in [-0.1, -0.05) is 26.8 Å². The molecule has 3 nitrogen and oxygen atoms in total. The topological polar surface area (TPSA) is 42.2 Å². The van der Waals surface area contributed by atoms with Crippen LogP contribution in [0, 0.1) is 5.41 Å². The standard InChI is InChI=1S/C15H19NO2S/c1-15(2,3)14(17)16-10-11(12-6-4-8-18-12)13-7-5-9-19-13/h4-9,11H,10H2,1-3H3,(H,16,17). The summed E-state index contributed by atoms with van der Waals surface area (Å²) in [7, 11) is 0. The third-order valence-corrected chi connectivity index (χ3v) is 3.91. The molecule has 0 saturated heterocycles. The highest BCUT2D eigenvalue weighted by Crippen LogP contribution is 2.28. The average Bonchev–Trinajstić information content (AvgIpc) is 3.00. The lowest BCUT2D eigenvalue weighted by Crippen LogP contribution is -2.37. The van der Waals surface area contributed by atoms with Crippen LogP contribution in [-0.4, -0.2) is 12.5 Å². The van der Waals surface area contributed by atoms with Gasteiger partial charge < -0.3 is 9.73 Å². The van der Waals surface area contributed by atoms with Gasteiger partial charge in [0.2, 0.25) is 5.91 Å². The molecule has 2 heterocycles. The Morgan fingerprint density at radius 2 is 2.16 bits per heavy atom. The monoisotopic (exact) mass is 277 g/mol. The first-order valence-corrected chi connectivity index (χ1v) is 7.21. The van der Waals surface area contributed by atoms with Crippen LogP contribution in [0.25, 0.3) is 0 Å². The van der Waals surface area contributed by atoms with E-state index in [0.717, 1.165) is 5.76 Å². The number of hydrogen-bond donors (Lipinski definition) is 1. The van der Waals surface area contributed by atoms with Crippen LogP contribution in [0.2, 0.25) is 0 Å². The Kier molecular flexibility index (Phi) is 4.10. The van der Waals surface area contributed by atoms with E-state index in [-0.39, 0.29) is 17.2 Å². The van der Waals surface area contributed by atoms with Crippen molar-refractivity contribution in [2.24, 2.45) is 5.41 Å². The molecule has 1 amide bonds. The minimum absolute atomic E-state index is 0.0561. The van der Waals surface area contributed by atoms with Crippen LogP contribution in [0.5, 0.6) is 0 Å². The van der Waals surface area contributed by atoms with Gasteiger partial charge in [0, 0.05) is 16.8 Å². The quantitative estimate of drug-likeness (QED) is 0.927. The predicted molar refractivity (Wildman–Crippen MR) is 77.3 cm³/mol. The lowest BCUT2D eigenvalue weighted by atomic mass is 9.95. The molecule has 1 atom stereocenters. The van der Waals surface area contributed by atoms with Gasteiger partial charge >= 0.3 is 0 Å². The van der Waals surface area contributed by atoms with Gasteiger partial charge in [-0.3, -0.25) is 4.79 Å². The van der Waals surface area contributed by atoms with Crippen molar-refractivity contribution < 1.29 is 9.21 Å². The first-order valence-electron chi connectivity index (χ1n) is 6.33. The molecule has 1 unspecified atom stereocenters. The molecule has 2 aromatic rings. The highest BCUT2D eigenvalue weighted by molar-refractivity contribution is 7.10. The van der Waals surface area contributed by atoms with Crippen LogP contribution in [-0.2, 0) is 4.79 Å². The minimum atomic E-state index is -0.372. The molecule has 19 heavy (non-hydrogen) atoms. The van der Waals surface area contributed by atoms with E-state index in [1.807, 2.05) is 44.4 Å². The second-order valence-corrected chi connectivity index (χ2v) is 6.52. The van der Waals surface area contributed by atoms with Gasteiger partial charge in [0.25, 0.3) is 0 Å². The Morgan fingerprint density at radius 1 is 1.37 bits per heavy atom. The molecule has 0 fully saturated rings. The summed E-state index contributed by atoms with van der Waals surface area (Å²) >= 11 is 1.68. The minimum Gasteiger partial charge on any atom is -0.469 e. The van der Waals surface area contributed by atoms with Crippen molar-refractivity contribution in [2.45, 2.75) is 26.7 Å². The van der Waals surface area contributed by atoms with Crippen molar-refractivity contribution in [3.8, 4) is 0 Å². The molecule has 102 valence electrons. The lowest BCUT2D eigenvalue weighted by Gasteiger charge is -2.20. The van der Waals surface area contributed by atoms with Gasteiger partial charge in [-0.2, -0.15) is 0 Å². The molecule has 4 heteroatoms. The predicted octanol–water partition coefficient (Wildman–Crippen LogP) is 3.64. The Hall–Kier alpha value is -1.55. The fraction of sp³-hybridized carbons (Fsp3) is 0.400. The highest BCUT2D eigenvalue weighted by Gasteiger charge is 2.24. The largest absolute Gasteiger partial charge is 0.469 e. The molecule has 0 aliphatic heterocycles. The number of carbonyl (C=O) groups is 1. The zero-order chi connectivity index (χ0) is 13.9. The van der Waals surface area contributed by atoms with Gasteiger partial charge in [-0.05, 0) is 23.6 Å². The summed E-state index contributed by atoms with van der Waals surface area (Å²) in [4.78, 5) is 13.2. The van der Waals surface area contributed by atoms with Gasteiger partial charge in [0.1, 0.15) is 5.76 Å². The maximum Gasteiger partial charge on any atom is 0.225 e. The fourth-order valence-corrected chi connectivity index (χ4v) is 2.62. The van der Waals surface area contributed by atoms with E-state index in [1.165, 1.54) is 4.88 Å². The second kappa shape index (κ2) is 5.61. The van der Waals surface area contributed by atoms with Gasteiger partial charge in [-0.15, -0.1) is 11.3 Å². The summed E-state index contributed by atoms with van der Waals surface area (Å²) in [6.45, 7) is 6.30. The molecular formula is C15H19NO2S. The van der Waals surface area contributed by atoms with E-state index < -0.39 is 0 Å². The molecular weight excluding hydrogens is 258 g/mol. The smallest absolute Gasteiger partial charge is 0.225 e. The van der Waals surface area contributed by atoms with E-state index in [1.54, 1.807) is 17.6 Å².